The Morgan fingerprint density at radius 2 is 2.05 bits per heavy atom. The molecule has 0 aromatic carbocycles. The minimum absolute atomic E-state index is 0.169. The van der Waals surface area contributed by atoms with E-state index in [1.807, 2.05) is 0 Å². The molecule has 1 saturated carbocycles. The normalized spacial score (nSPS) is 23.4. The Morgan fingerprint density at radius 3 is 2.84 bits per heavy atom. The number of hydrogen-bond acceptors (Lipinski definition) is 5. The molecule has 1 aliphatic carbocycles. The molecule has 0 saturated heterocycles. The van der Waals surface area contributed by atoms with Crippen molar-refractivity contribution in [3.8, 4) is 0 Å². The molecule has 0 unspecified atom stereocenters. The number of anilines is 1. The number of aromatic nitrogens is 3. The quantitative estimate of drug-likeness (QED) is 0.750. The van der Waals surface area contributed by atoms with Gasteiger partial charge in [-0.1, -0.05) is 0 Å². The van der Waals surface area contributed by atoms with Crippen LogP contribution in [0.1, 0.15) is 25.7 Å². The lowest BCUT2D eigenvalue weighted by Crippen LogP contribution is -2.28. The van der Waals surface area contributed by atoms with Crippen LogP contribution in [0.25, 0.3) is 11.0 Å². The van der Waals surface area contributed by atoms with E-state index in [9.17, 15) is 9.90 Å². The Hall–Kier alpha value is -1.95. The van der Waals surface area contributed by atoms with Crippen molar-refractivity contribution in [2.45, 2.75) is 37.8 Å². The van der Waals surface area contributed by atoms with Crippen LogP contribution in [0.2, 0.25) is 0 Å². The average Bonchev–Trinajstić information content (AvgIpc) is 2.41. The maximum atomic E-state index is 11.3. The van der Waals surface area contributed by atoms with Gasteiger partial charge in [-0.25, -0.2) is 4.98 Å². The Morgan fingerprint density at radius 1 is 1.26 bits per heavy atom. The molecule has 0 bridgehead atoms. The summed E-state index contributed by atoms with van der Waals surface area (Å²) in [4.78, 5) is 22.5. The van der Waals surface area contributed by atoms with Crippen molar-refractivity contribution < 1.29 is 5.11 Å². The van der Waals surface area contributed by atoms with Gasteiger partial charge in [-0.3, -0.25) is 4.79 Å². The molecule has 2 aromatic heterocycles. The number of rotatable bonds is 2. The van der Waals surface area contributed by atoms with E-state index in [-0.39, 0.29) is 17.7 Å². The zero-order valence-electron chi connectivity index (χ0n) is 10.5. The Balaban J connectivity index is 1.79. The second-order valence-corrected chi connectivity index (χ2v) is 4.97. The molecule has 0 spiro atoms. The van der Waals surface area contributed by atoms with Crippen LogP contribution in [0.3, 0.4) is 0 Å². The highest BCUT2D eigenvalue weighted by atomic mass is 16.3. The maximum absolute atomic E-state index is 11.3. The first-order valence-electron chi connectivity index (χ1n) is 6.51. The second-order valence-electron chi connectivity index (χ2n) is 4.97. The summed E-state index contributed by atoms with van der Waals surface area (Å²) in [7, 11) is 0. The summed E-state index contributed by atoms with van der Waals surface area (Å²) in [5.41, 5.74) is 0.374. The van der Waals surface area contributed by atoms with E-state index in [2.05, 4.69) is 20.3 Å². The van der Waals surface area contributed by atoms with Crippen LogP contribution in [0, 0.1) is 0 Å². The van der Waals surface area contributed by atoms with E-state index >= 15 is 0 Å². The molecule has 1 aliphatic rings. The minimum Gasteiger partial charge on any atom is -0.393 e. The lowest BCUT2D eigenvalue weighted by Gasteiger charge is -2.26. The molecule has 6 heteroatoms. The van der Waals surface area contributed by atoms with Crippen LogP contribution in [0.4, 0.5) is 5.95 Å². The van der Waals surface area contributed by atoms with Crippen molar-refractivity contribution in [2.24, 2.45) is 0 Å². The van der Waals surface area contributed by atoms with E-state index in [0.29, 0.717) is 11.6 Å². The molecule has 6 nitrogen and oxygen atoms in total. The highest BCUT2D eigenvalue weighted by Gasteiger charge is 2.19. The fourth-order valence-corrected chi connectivity index (χ4v) is 2.41. The smallest absolute Gasteiger partial charge is 0.249 e. The van der Waals surface area contributed by atoms with Crippen LogP contribution in [-0.4, -0.2) is 32.2 Å². The maximum Gasteiger partial charge on any atom is 0.249 e. The fraction of sp³-hybridized carbons (Fsp3) is 0.462. The van der Waals surface area contributed by atoms with Gasteiger partial charge in [-0.05, 0) is 31.7 Å². The first-order chi connectivity index (χ1) is 9.20. The predicted molar refractivity (Wildman–Crippen MR) is 72.0 cm³/mol. The highest BCUT2D eigenvalue weighted by molar-refractivity contribution is 5.74. The molecular weight excluding hydrogens is 244 g/mol. The van der Waals surface area contributed by atoms with Gasteiger partial charge in [0.2, 0.25) is 11.5 Å². The highest BCUT2D eigenvalue weighted by Crippen LogP contribution is 2.21. The topological polar surface area (TPSA) is 90.9 Å². The first-order valence-corrected chi connectivity index (χ1v) is 6.51. The van der Waals surface area contributed by atoms with Crippen LogP contribution < -0.4 is 10.9 Å². The van der Waals surface area contributed by atoms with Gasteiger partial charge in [-0.15, -0.1) is 0 Å². The molecule has 0 atom stereocenters. The Kier molecular flexibility index (Phi) is 3.16. The molecule has 0 amide bonds. The van der Waals surface area contributed by atoms with Crippen LogP contribution in [0.5, 0.6) is 0 Å². The van der Waals surface area contributed by atoms with Gasteiger partial charge in [0, 0.05) is 23.7 Å². The van der Waals surface area contributed by atoms with Crippen LogP contribution >= 0.6 is 0 Å². The van der Waals surface area contributed by atoms with Crippen LogP contribution in [-0.2, 0) is 0 Å². The monoisotopic (exact) mass is 260 g/mol. The van der Waals surface area contributed by atoms with E-state index < -0.39 is 0 Å². The second kappa shape index (κ2) is 4.97. The molecule has 2 aromatic rings. The zero-order chi connectivity index (χ0) is 13.2. The number of hydrogen-bond donors (Lipinski definition) is 3. The lowest BCUT2D eigenvalue weighted by atomic mass is 9.93. The van der Waals surface area contributed by atoms with Crippen molar-refractivity contribution in [2.75, 3.05) is 5.32 Å². The molecule has 0 radical (unpaired) electrons. The summed E-state index contributed by atoms with van der Waals surface area (Å²) < 4.78 is 0. The molecule has 1 fully saturated rings. The van der Waals surface area contributed by atoms with E-state index in [1.54, 1.807) is 12.3 Å². The third-order valence-corrected chi connectivity index (χ3v) is 3.50. The first kappa shape index (κ1) is 12.1. The van der Waals surface area contributed by atoms with Gasteiger partial charge < -0.3 is 15.4 Å². The van der Waals surface area contributed by atoms with Crippen molar-refractivity contribution in [1.82, 2.24) is 15.0 Å². The molecule has 3 N–H and O–H groups in total. The predicted octanol–water partition coefficient (Wildman–Crippen LogP) is 1.03. The summed E-state index contributed by atoms with van der Waals surface area (Å²) in [6, 6.07) is 3.45. The fourth-order valence-electron chi connectivity index (χ4n) is 2.41. The number of aromatic amines is 1. The van der Waals surface area contributed by atoms with E-state index in [1.165, 1.54) is 6.07 Å². The van der Waals surface area contributed by atoms with Gasteiger partial charge in [0.05, 0.1) is 6.10 Å². The van der Waals surface area contributed by atoms with Gasteiger partial charge in [0.25, 0.3) is 0 Å². The third-order valence-electron chi connectivity index (χ3n) is 3.50. The van der Waals surface area contributed by atoms with Gasteiger partial charge >= 0.3 is 0 Å². The number of nitrogens with zero attached hydrogens (tertiary/aromatic N) is 2. The minimum atomic E-state index is -0.174. The molecule has 3 rings (SSSR count). The summed E-state index contributed by atoms with van der Waals surface area (Å²) >= 11 is 0. The van der Waals surface area contributed by atoms with Crippen molar-refractivity contribution in [3.63, 3.8) is 0 Å². The van der Waals surface area contributed by atoms with E-state index in [4.69, 9.17) is 0 Å². The van der Waals surface area contributed by atoms with Gasteiger partial charge in [0.15, 0.2) is 0 Å². The summed E-state index contributed by atoms with van der Waals surface area (Å²) in [6.45, 7) is 0. The van der Waals surface area contributed by atoms with Crippen molar-refractivity contribution in [1.29, 1.82) is 0 Å². The zero-order valence-corrected chi connectivity index (χ0v) is 10.5. The van der Waals surface area contributed by atoms with Crippen LogP contribution in [0.15, 0.2) is 23.1 Å². The Bertz CT molecular complexity index is 632. The molecule has 100 valence electrons. The summed E-state index contributed by atoms with van der Waals surface area (Å²) in [5, 5.41) is 13.5. The van der Waals surface area contributed by atoms with Gasteiger partial charge in [-0.2, -0.15) is 4.98 Å². The van der Waals surface area contributed by atoms with Gasteiger partial charge in [0.1, 0.15) is 5.65 Å². The number of aliphatic hydroxyl groups excluding tert-OH is 1. The summed E-state index contributed by atoms with van der Waals surface area (Å²) in [6.07, 6.45) is 4.96. The molecule has 0 aliphatic heterocycles. The standard InChI is InChI=1S/C13H16N4O2/c18-10-4-2-9(3-5-10)15-13-14-7-8-1-6-11(19)16-12(8)17-13/h1,6-7,9-10,18H,2-5H2,(H2,14,15,16,17,19). The number of aliphatic hydroxyl groups is 1. The summed E-state index contributed by atoms with van der Waals surface area (Å²) in [5.74, 6) is 0.524. The number of pyridine rings is 1. The van der Waals surface area contributed by atoms with Crippen molar-refractivity contribution in [3.05, 3.63) is 28.7 Å². The molecular formula is C13H16N4O2. The number of nitrogens with one attached hydrogen (secondary N) is 2. The molecule has 2 heterocycles. The number of H-pyrrole nitrogens is 1. The lowest BCUT2D eigenvalue weighted by molar-refractivity contribution is 0.126. The van der Waals surface area contributed by atoms with Crippen molar-refractivity contribution >= 4 is 17.0 Å². The number of fused-ring (bicyclic) bond motifs is 1. The molecule has 19 heavy (non-hydrogen) atoms. The largest absolute Gasteiger partial charge is 0.393 e. The SMILES string of the molecule is O=c1ccc2cnc(NC3CCC(O)CC3)nc2[nH]1. The average molecular weight is 260 g/mol. The Labute approximate surface area is 109 Å². The third kappa shape index (κ3) is 2.73. The van der Waals surface area contributed by atoms with E-state index in [0.717, 1.165) is 31.1 Å².